The van der Waals surface area contributed by atoms with Crippen LogP contribution in [0.3, 0.4) is 0 Å². The number of aliphatic hydroxyl groups is 1. The summed E-state index contributed by atoms with van der Waals surface area (Å²) in [5.74, 6) is 0. The molecule has 0 unspecified atom stereocenters. The molecule has 0 saturated heterocycles. The molecule has 1 fully saturated rings. The molecule has 1 aromatic heterocycles. The van der Waals surface area contributed by atoms with Gasteiger partial charge in [-0.2, -0.15) is 4.31 Å². The molecule has 1 saturated carbocycles. The highest BCUT2D eigenvalue weighted by molar-refractivity contribution is 7.89. The molecule has 0 bridgehead atoms. The quantitative estimate of drug-likeness (QED) is 0.837. The number of unbranched alkanes of at least 4 members (excludes halogenated alkanes) is 1. The Morgan fingerprint density at radius 2 is 2.22 bits per heavy atom. The van der Waals surface area contributed by atoms with Gasteiger partial charge in [0.2, 0.25) is 10.0 Å². The van der Waals surface area contributed by atoms with E-state index in [-0.39, 0.29) is 12.6 Å². The molecule has 6 heteroatoms. The highest BCUT2D eigenvalue weighted by Crippen LogP contribution is 2.33. The summed E-state index contributed by atoms with van der Waals surface area (Å²) in [6, 6.07) is 1.78. The standard InChI is InChI=1S/C12H19NO3S2/c1-2-3-6-13(10-4-5-10)18(15,16)12-7-11(8-14)17-9-12/h7,9-10,14H,2-6,8H2,1H3. The number of hydrogen-bond donors (Lipinski definition) is 1. The predicted molar refractivity (Wildman–Crippen MR) is 72.1 cm³/mol. The fourth-order valence-electron chi connectivity index (χ4n) is 1.89. The Balaban J connectivity index is 2.21. The van der Waals surface area contributed by atoms with Gasteiger partial charge in [-0.05, 0) is 25.3 Å². The summed E-state index contributed by atoms with van der Waals surface area (Å²) in [5.41, 5.74) is 0. The van der Waals surface area contributed by atoms with Gasteiger partial charge >= 0.3 is 0 Å². The molecule has 1 aliphatic carbocycles. The molecular weight excluding hydrogens is 270 g/mol. The van der Waals surface area contributed by atoms with Crippen molar-refractivity contribution >= 4 is 21.4 Å². The highest BCUT2D eigenvalue weighted by atomic mass is 32.2. The van der Waals surface area contributed by atoms with Crippen LogP contribution in [-0.2, 0) is 16.6 Å². The molecule has 0 spiro atoms. The van der Waals surface area contributed by atoms with E-state index in [9.17, 15) is 8.42 Å². The van der Waals surface area contributed by atoms with Crippen molar-refractivity contribution in [1.29, 1.82) is 0 Å². The topological polar surface area (TPSA) is 57.6 Å². The normalized spacial score (nSPS) is 16.4. The minimum absolute atomic E-state index is 0.0986. The lowest BCUT2D eigenvalue weighted by molar-refractivity contribution is 0.285. The molecule has 0 amide bonds. The summed E-state index contributed by atoms with van der Waals surface area (Å²) in [4.78, 5) is 1.03. The van der Waals surface area contributed by atoms with Crippen molar-refractivity contribution in [1.82, 2.24) is 4.31 Å². The van der Waals surface area contributed by atoms with E-state index in [2.05, 4.69) is 6.92 Å². The second-order valence-corrected chi connectivity index (χ2v) is 7.49. The van der Waals surface area contributed by atoms with E-state index < -0.39 is 10.0 Å². The summed E-state index contributed by atoms with van der Waals surface area (Å²) in [7, 11) is -3.37. The first-order valence-corrected chi connectivity index (χ1v) is 8.61. The second-order valence-electron chi connectivity index (χ2n) is 4.61. The molecule has 0 aliphatic heterocycles. The Kier molecular flexibility index (Phi) is 4.42. The Bertz CT molecular complexity index is 491. The smallest absolute Gasteiger partial charge is 0.244 e. The number of nitrogens with zero attached hydrogens (tertiary/aromatic N) is 1. The minimum atomic E-state index is -3.37. The van der Waals surface area contributed by atoms with Crippen LogP contribution >= 0.6 is 11.3 Å². The van der Waals surface area contributed by atoms with Gasteiger partial charge in [0.15, 0.2) is 0 Å². The van der Waals surface area contributed by atoms with E-state index in [1.165, 1.54) is 11.3 Å². The van der Waals surface area contributed by atoms with Gasteiger partial charge in [-0.25, -0.2) is 8.42 Å². The van der Waals surface area contributed by atoms with Gasteiger partial charge in [0.25, 0.3) is 0 Å². The van der Waals surface area contributed by atoms with E-state index in [1.807, 2.05) is 0 Å². The zero-order valence-corrected chi connectivity index (χ0v) is 12.1. The van der Waals surface area contributed by atoms with E-state index in [4.69, 9.17) is 5.11 Å². The third-order valence-corrected chi connectivity index (χ3v) is 6.08. The van der Waals surface area contributed by atoms with Crippen LogP contribution in [0.5, 0.6) is 0 Å². The number of hydrogen-bond acceptors (Lipinski definition) is 4. The van der Waals surface area contributed by atoms with Crippen molar-refractivity contribution in [3.63, 3.8) is 0 Å². The van der Waals surface area contributed by atoms with Crippen molar-refractivity contribution in [3.05, 3.63) is 16.3 Å². The van der Waals surface area contributed by atoms with Crippen molar-refractivity contribution in [2.24, 2.45) is 0 Å². The van der Waals surface area contributed by atoms with Crippen LogP contribution in [0, 0.1) is 0 Å². The average Bonchev–Trinajstić information content (AvgIpc) is 3.05. The van der Waals surface area contributed by atoms with Gasteiger partial charge in [0.1, 0.15) is 0 Å². The predicted octanol–water partition coefficient (Wildman–Crippen LogP) is 2.19. The van der Waals surface area contributed by atoms with E-state index >= 15 is 0 Å². The number of rotatable bonds is 7. The highest BCUT2D eigenvalue weighted by Gasteiger charge is 2.37. The average molecular weight is 289 g/mol. The molecule has 0 aromatic carbocycles. The first-order chi connectivity index (χ1) is 8.59. The number of aliphatic hydroxyl groups excluding tert-OH is 1. The Morgan fingerprint density at radius 3 is 2.72 bits per heavy atom. The van der Waals surface area contributed by atoms with Gasteiger partial charge in [-0.1, -0.05) is 13.3 Å². The van der Waals surface area contributed by atoms with E-state index in [1.54, 1.807) is 15.8 Å². The summed E-state index contributed by atoms with van der Waals surface area (Å²) in [6.07, 6.45) is 3.83. The van der Waals surface area contributed by atoms with Crippen molar-refractivity contribution < 1.29 is 13.5 Å². The first-order valence-electron chi connectivity index (χ1n) is 6.29. The molecule has 2 rings (SSSR count). The minimum Gasteiger partial charge on any atom is -0.391 e. The summed E-state index contributed by atoms with van der Waals surface area (Å²) >= 11 is 1.29. The Labute approximate surface area is 112 Å². The number of sulfonamides is 1. The van der Waals surface area contributed by atoms with Gasteiger partial charge < -0.3 is 5.11 Å². The summed E-state index contributed by atoms with van der Waals surface area (Å²) in [6.45, 7) is 2.57. The van der Waals surface area contributed by atoms with Crippen molar-refractivity contribution in [2.45, 2.75) is 50.2 Å². The van der Waals surface area contributed by atoms with E-state index in [0.717, 1.165) is 25.7 Å². The van der Waals surface area contributed by atoms with Gasteiger partial charge in [-0.3, -0.25) is 0 Å². The van der Waals surface area contributed by atoms with Gasteiger partial charge in [-0.15, -0.1) is 11.3 Å². The Morgan fingerprint density at radius 1 is 1.50 bits per heavy atom. The SMILES string of the molecule is CCCCN(C1CC1)S(=O)(=O)c1csc(CO)c1. The maximum atomic E-state index is 12.5. The molecule has 1 aliphatic rings. The lowest BCUT2D eigenvalue weighted by Gasteiger charge is -2.20. The molecule has 4 nitrogen and oxygen atoms in total. The van der Waals surface area contributed by atoms with Crippen LogP contribution in [0.1, 0.15) is 37.5 Å². The fourth-order valence-corrected chi connectivity index (χ4v) is 4.73. The summed E-state index contributed by atoms with van der Waals surface area (Å²) in [5, 5.41) is 10.6. The van der Waals surface area contributed by atoms with Crippen molar-refractivity contribution in [3.8, 4) is 0 Å². The zero-order chi connectivity index (χ0) is 13.2. The third-order valence-electron chi connectivity index (χ3n) is 3.08. The monoisotopic (exact) mass is 289 g/mol. The second kappa shape index (κ2) is 5.69. The summed E-state index contributed by atoms with van der Waals surface area (Å²) < 4.78 is 26.6. The molecule has 18 heavy (non-hydrogen) atoms. The van der Waals surface area contributed by atoms with Gasteiger partial charge in [0, 0.05) is 22.8 Å². The Hall–Kier alpha value is -0.430. The first kappa shape index (κ1) is 14.0. The maximum absolute atomic E-state index is 12.5. The molecular formula is C12H19NO3S2. The lowest BCUT2D eigenvalue weighted by Crippen LogP contribution is -2.33. The fraction of sp³-hybridized carbons (Fsp3) is 0.667. The largest absolute Gasteiger partial charge is 0.391 e. The van der Waals surface area contributed by atoms with E-state index in [0.29, 0.717) is 16.3 Å². The van der Waals surface area contributed by atoms with Crippen LogP contribution in [0.2, 0.25) is 0 Å². The molecule has 0 atom stereocenters. The van der Waals surface area contributed by atoms with Crippen LogP contribution in [0.25, 0.3) is 0 Å². The zero-order valence-electron chi connectivity index (χ0n) is 10.5. The molecule has 1 N–H and O–H groups in total. The lowest BCUT2D eigenvalue weighted by atomic mass is 10.3. The molecule has 1 aromatic rings. The third kappa shape index (κ3) is 2.93. The van der Waals surface area contributed by atoms with Crippen LogP contribution in [-0.4, -0.2) is 30.4 Å². The van der Waals surface area contributed by atoms with Gasteiger partial charge in [0.05, 0.1) is 11.5 Å². The maximum Gasteiger partial charge on any atom is 0.244 e. The molecule has 1 heterocycles. The van der Waals surface area contributed by atoms with Crippen LogP contribution in [0.4, 0.5) is 0 Å². The van der Waals surface area contributed by atoms with Crippen molar-refractivity contribution in [2.75, 3.05) is 6.54 Å². The van der Waals surface area contributed by atoms with Crippen LogP contribution in [0.15, 0.2) is 16.3 Å². The molecule has 0 radical (unpaired) electrons. The molecule has 102 valence electrons. The van der Waals surface area contributed by atoms with Crippen LogP contribution < -0.4 is 0 Å². The number of thiophene rings is 1.